The van der Waals surface area contributed by atoms with Gasteiger partial charge >= 0.3 is 6.09 Å². The third-order valence-corrected chi connectivity index (χ3v) is 3.82. The third kappa shape index (κ3) is 8.01. The second-order valence-electron chi connectivity index (χ2n) is 7.61. The van der Waals surface area contributed by atoms with E-state index in [4.69, 9.17) is 9.47 Å². The van der Waals surface area contributed by atoms with Gasteiger partial charge in [0.25, 0.3) is 5.69 Å². The van der Waals surface area contributed by atoms with E-state index in [1.54, 1.807) is 20.8 Å². The van der Waals surface area contributed by atoms with Gasteiger partial charge in [0.1, 0.15) is 23.1 Å². The fourth-order valence-corrected chi connectivity index (χ4v) is 2.49. The number of carbonyl (C=O) groups is 2. The molecule has 0 bridgehead atoms. The Morgan fingerprint density at radius 1 is 1.16 bits per heavy atom. The number of alkyl carbamates (subject to hydrolysis) is 1. The molecule has 9 nitrogen and oxygen atoms in total. The lowest BCUT2D eigenvalue weighted by atomic mass is 10.2. The van der Waals surface area contributed by atoms with Crippen molar-refractivity contribution in [2.45, 2.75) is 39.0 Å². The first-order chi connectivity index (χ1) is 14.5. The van der Waals surface area contributed by atoms with Gasteiger partial charge in [0.15, 0.2) is 0 Å². The molecule has 0 aliphatic rings. The molecule has 2 aromatic carbocycles. The molecule has 0 aliphatic carbocycles. The van der Waals surface area contributed by atoms with Gasteiger partial charge in [0.2, 0.25) is 5.91 Å². The first-order valence-corrected chi connectivity index (χ1v) is 9.41. The fraction of sp³-hybridized carbons (Fsp3) is 0.333. The number of rotatable bonds is 8. The molecule has 166 valence electrons. The van der Waals surface area contributed by atoms with E-state index in [2.05, 4.69) is 10.6 Å². The minimum atomic E-state index is -1.25. The SMILES string of the molecule is CC(C)(C)OC(=O)NC(COCc1ccccc1)C(=O)Nc1cc(F)ccc1[N+](=O)[O-]. The van der Waals surface area contributed by atoms with Crippen molar-refractivity contribution < 1.29 is 28.4 Å². The lowest BCUT2D eigenvalue weighted by Gasteiger charge is -2.23. The van der Waals surface area contributed by atoms with E-state index in [1.807, 2.05) is 30.3 Å². The Kier molecular flexibility index (Phi) is 8.03. The highest BCUT2D eigenvalue weighted by Crippen LogP contribution is 2.25. The van der Waals surface area contributed by atoms with Crippen molar-refractivity contribution in [1.82, 2.24) is 5.32 Å². The van der Waals surface area contributed by atoms with Crippen LogP contribution in [0.1, 0.15) is 26.3 Å². The number of nitrogens with zero attached hydrogens (tertiary/aromatic N) is 1. The van der Waals surface area contributed by atoms with E-state index in [9.17, 15) is 24.1 Å². The summed E-state index contributed by atoms with van der Waals surface area (Å²) in [4.78, 5) is 35.3. The molecule has 0 fully saturated rings. The van der Waals surface area contributed by atoms with E-state index in [0.29, 0.717) is 0 Å². The molecule has 31 heavy (non-hydrogen) atoms. The number of hydrogen-bond acceptors (Lipinski definition) is 6. The van der Waals surface area contributed by atoms with Crippen molar-refractivity contribution in [3.63, 3.8) is 0 Å². The lowest BCUT2D eigenvalue weighted by molar-refractivity contribution is -0.384. The molecule has 0 aromatic heterocycles. The van der Waals surface area contributed by atoms with Gasteiger partial charge in [-0.15, -0.1) is 0 Å². The van der Waals surface area contributed by atoms with Crippen LogP contribution in [0, 0.1) is 15.9 Å². The zero-order chi connectivity index (χ0) is 23.0. The van der Waals surface area contributed by atoms with Gasteiger partial charge in [-0.1, -0.05) is 30.3 Å². The first-order valence-electron chi connectivity index (χ1n) is 9.41. The van der Waals surface area contributed by atoms with Crippen molar-refractivity contribution in [2.24, 2.45) is 0 Å². The molecule has 0 saturated heterocycles. The second-order valence-corrected chi connectivity index (χ2v) is 7.61. The van der Waals surface area contributed by atoms with Gasteiger partial charge in [0, 0.05) is 12.1 Å². The molecule has 0 aliphatic heterocycles. The summed E-state index contributed by atoms with van der Waals surface area (Å²) in [5, 5.41) is 15.8. The third-order valence-electron chi connectivity index (χ3n) is 3.82. The number of amides is 2. The highest BCUT2D eigenvalue weighted by Gasteiger charge is 2.27. The van der Waals surface area contributed by atoms with Crippen LogP contribution >= 0.6 is 0 Å². The molecular weight excluding hydrogens is 409 g/mol. The maximum Gasteiger partial charge on any atom is 0.408 e. The smallest absolute Gasteiger partial charge is 0.408 e. The molecular formula is C21H24FN3O6. The summed E-state index contributed by atoms with van der Waals surface area (Å²) < 4.78 is 24.3. The van der Waals surface area contributed by atoms with Crippen LogP contribution in [-0.4, -0.2) is 35.2 Å². The fourth-order valence-electron chi connectivity index (χ4n) is 2.49. The Hall–Kier alpha value is -3.53. The van der Waals surface area contributed by atoms with E-state index < -0.39 is 40.1 Å². The van der Waals surface area contributed by atoms with Crippen LogP contribution in [0.2, 0.25) is 0 Å². The minimum Gasteiger partial charge on any atom is -0.444 e. The molecule has 0 heterocycles. The van der Waals surface area contributed by atoms with Crippen LogP contribution in [0.15, 0.2) is 48.5 Å². The second kappa shape index (κ2) is 10.5. The summed E-state index contributed by atoms with van der Waals surface area (Å²) in [5.74, 6) is -1.59. The highest BCUT2D eigenvalue weighted by molar-refractivity contribution is 5.98. The van der Waals surface area contributed by atoms with Gasteiger partial charge in [-0.25, -0.2) is 9.18 Å². The Morgan fingerprint density at radius 3 is 2.45 bits per heavy atom. The largest absolute Gasteiger partial charge is 0.444 e. The van der Waals surface area contributed by atoms with E-state index in [1.165, 1.54) is 0 Å². The Morgan fingerprint density at radius 2 is 1.84 bits per heavy atom. The summed E-state index contributed by atoms with van der Waals surface area (Å²) >= 11 is 0. The molecule has 10 heteroatoms. The van der Waals surface area contributed by atoms with E-state index in [-0.39, 0.29) is 18.9 Å². The standard InChI is InChI=1S/C21H24FN3O6/c1-21(2,3)31-20(27)24-17(13-30-12-14-7-5-4-6-8-14)19(26)23-16-11-15(22)9-10-18(16)25(28)29/h4-11,17H,12-13H2,1-3H3,(H,23,26)(H,24,27). The Balaban J connectivity index is 2.14. The number of halogens is 1. The van der Waals surface area contributed by atoms with E-state index in [0.717, 1.165) is 23.8 Å². The van der Waals surface area contributed by atoms with Crippen LogP contribution in [0.5, 0.6) is 0 Å². The zero-order valence-corrected chi connectivity index (χ0v) is 17.4. The number of anilines is 1. The van der Waals surface area contributed by atoms with Crippen molar-refractivity contribution in [3.8, 4) is 0 Å². The number of benzene rings is 2. The van der Waals surface area contributed by atoms with E-state index >= 15 is 0 Å². The summed E-state index contributed by atoms with van der Waals surface area (Å²) in [5.41, 5.74) is -0.790. The molecule has 0 spiro atoms. The number of nitro benzene ring substituents is 1. The minimum absolute atomic E-state index is 0.167. The number of carbonyl (C=O) groups excluding carboxylic acids is 2. The summed E-state index contributed by atoms with van der Waals surface area (Å²) in [6, 6.07) is 10.6. The van der Waals surface area contributed by atoms with Crippen molar-refractivity contribution >= 4 is 23.4 Å². The number of nitro groups is 1. The monoisotopic (exact) mass is 433 g/mol. The first kappa shape index (κ1) is 23.7. The molecule has 2 aromatic rings. The molecule has 2 amide bonds. The van der Waals surface area contributed by atoms with Gasteiger partial charge in [-0.3, -0.25) is 14.9 Å². The molecule has 0 radical (unpaired) electrons. The summed E-state index contributed by atoms with van der Waals surface area (Å²) in [6.07, 6.45) is -0.871. The average Bonchev–Trinajstić information content (AvgIpc) is 2.66. The highest BCUT2D eigenvalue weighted by atomic mass is 19.1. The molecule has 0 saturated carbocycles. The van der Waals surface area contributed by atoms with Gasteiger partial charge in [-0.2, -0.15) is 0 Å². The average molecular weight is 433 g/mol. The van der Waals surface area contributed by atoms with Crippen molar-refractivity contribution in [3.05, 3.63) is 70.0 Å². The van der Waals surface area contributed by atoms with Gasteiger partial charge in [0.05, 0.1) is 18.1 Å². The summed E-state index contributed by atoms with van der Waals surface area (Å²) in [7, 11) is 0. The van der Waals surface area contributed by atoms with Crippen molar-refractivity contribution in [1.29, 1.82) is 0 Å². The number of ether oxygens (including phenoxy) is 2. The maximum atomic E-state index is 13.6. The Labute approximate surface area is 178 Å². The van der Waals surface area contributed by atoms with Gasteiger partial charge < -0.3 is 20.1 Å². The zero-order valence-electron chi connectivity index (χ0n) is 17.4. The molecule has 1 atom stereocenters. The predicted octanol–water partition coefficient (Wildman–Crippen LogP) is 3.78. The normalized spacial score (nSPS) is 12.0. The Bertz CT molecular complexity index is 930. The maximum absolute atomic E-state index is 13.6. The number of nitrogens with one attached hydrogen (secondary N) is 2. The van der Waals surface area contributed by atoms with Crippen molar-refractivity contribution in [2.75, 3.05) is 11.9 Å². The molecule has 1 unspecified atom stereocenters. The molecule has 2 rings (SSSR count). The lowest BCUT2D eigenvalue weighted by Crippen LogP contribution is -2.48. The van der Waals surface area contributed by atoms with Gasteiger partial charge in [-0.05, 0) is 32.4 Å². The topological polar surface area (TPSA) is 120 Å². The molecule has 2 N–H and O–H groups in total. The van der Waals surface area contributed by atoms with Crippen LogP contribution in [0.4, 0.5) is 20.6 Å². The van der Waals surface area contributed by atoms with Crippen LogP contribution in [0.25, 0.3) is 0 Å². The van der Waals surface area contributed by atoms with Crippen LogP contribution in [0.3, 0.4) is 0 Å². The number of hydrogen-bond donors (Lipinski definition) is 2. The van der Waals surface area contributed by atoms with Crippen LogP contribution in [-0.2, 0) is 20.9 Å². The quantitative estimate of drug-likeness (QED) is 0.483. The predicted molar refractivity (Wildman–Crippen MR) is 111 cm³/mol. The summed E-state index contributed by atoms with van der Waals surface area (Å²) in [6.45, 7) is 4.89. The van der Waals surface area contributed by atoms with Crippen LogP contribution < -0.4 is 10.6 Å².